The number of benzene rings is 2. The van der Waals surface area contributed by atoms with Gasteiger partial charge in [0.2, 0.25) is 10.0 Å². The zero-order valence-electron chi connectivity index (χ0n) is 14.4. The van der Waals surface area contributed by atoms with E-state index in [4.69, 9.17) is 0 Å². The van der Waals surface area contributed by atoms with Crippen LogP contribution in [0.25, 0.3) is 16.9 Å². The lowest BCUT2D eigenvalue weighted by molar-refractivity contribution is -0.141. The minimum atomic E-state index is -4.58. The molecule has 1 N–H and O–H groups in total. The van der Waals surface area contributed by atoms with Crippen molar-refractivity contribution in [2.75, 3.05) is 11.0 Å². The number of hydrogen-bond acceptors (Lipinski definition) is 3. The second-order valence-electron chi connectivity index (χ2n) is 6.06. The minimum Gasteiger partial charge on any atom is -0.284 e. The lowest BCUT2D eigenvalue weighted by atomic mass is 10.1. The van der Waals surface area contributed by atoms with Crippen molar-refractivity contribution in [2.24, 2.45) is 0 Å². The molecule has 142 valence electrons. The molecule has 0 saturated heterocycles. The van der Waals surface area contributed by atoms with Gasteiger partial charge in [-0.25, -0.2) is 13.1 Å². The highest BCUT2D eigenvalue weighted by molar-refractivity contribution is 7.92. The van der Waals surface area contributed by atoms with Crippen LogP contribution in [0.1, 0.15) is 11.3 Å². The summed E-state index contributed by atoms with van der Waals surface area (Å²) in [5, 5.41) is 3.73. The zero-order chi connectivity index (χ0) is 19.8. The van der Waals surface area contributed by atoms with Crippen LogP contribution in [-0.2, 0) is 16.2 Å². The van der Waals surface area contributed by atoms with Crippen LogP contribution in [0.2, 0.25) is 0 Å². The van der Waals surface area contributed by atoms with E-state index in [0.717, 1.165) is 17.9 Å². The van der Waals surface area contributed by atoms with Gasteiger partial charge in [0.1, 0.15) is 0 Å². The summed E-state index contributed by atoms with van der Waals surface area (Å²) >= 11 is 0. The molecule has 0 fully saturated rings. The van der Waals surface area contributed by atoms with E-state index < -0.39 is 21.9 Å². The number of hydrogen-bond donors (Lipinski definition) is 1. The van der Waals surface area contributed by atoms with Gasteiger partial charge in [0.25, 0.3) is 0 Å². The van der Waals surface area contributed by atoms with Crippen molar-refractivity contribution in [3.05, 3.63) is 65.9 Å². The smallest absolute Gasteiger partial charge is 0.284 e. The standard InChI is InChI=1S/C18H16F3N3O2S/c1-12-5-3-4-6-15(12)16-11-17(18(19,20)21)22-24(16)14-9-7-13(8-10-14)23-27(2,25)26/h3-11,23H,1-2H3. The second-order valence-corrected chi connectivity index (χ2v) is 7.81. The molecular formula is C18H16F3N3O2S. The average Bonchev–Trinajstić information content (AvgIpc) is 3.00. The number of aromatic nitrogens is 2. The maximum Gasteiger partial charge on any atom is 0.435 e. The summed E-state index contributed by atoms with van der Waals surface area (Å²) in [5.74, 6) is 0. The predicted octanol–water partition coefficient (Wildman–Crippen LogP) is 4.24. The van der Waals surface area contributed by atoms with Gasteiger partial charge >= 0.3 is 6.18 Å². The van der Waals surface area contributed by atoms with Gasteiger partial charge in [0, 0.05) is 11.3 Å². The third-order valence-electron chi connectivity index (χ3n) is 3.84. The molecule has 0 amide bonds. The Hall–Kier alpha value is -2.81. The summed E-state index contributed by atoms with van der Waals surface area (Å²) in [5.41, 5.74) is 1.41. The Morgan fingerprint density at radius 2 is 1.67 bits per heavy atom. The maximum atomic E-state index is 13.2. The van der Waals surface area contributed by atoms with Crippen molar-refractivity contribution in [2.45, 2.75) is 13.1 Å². The van der Waals surface area contributed by atoms with E-state index >= 15 is 0 Å². The Labute approximate surface area is 154 Å². The van der Waals surface area contributed by atoms with E-state index in [1.165, 1.54) is 28.9 Å². The maximum absolute atomic E-state index is 13.2. The molecule has 1 heterocycles. The van der Waals surface area contributed by atoms with E-state index in [1.807, 2.05) is 0 Å². The van der Waals surface area contributed by atoms with Crippen molar-refractivity contribution >= 4 is 15.7 Å². The van der Waals surface area contributed by atoms with Crippen LogP contribution in [0.5, 0.6) is 0 Å². The second kappa shape index (κ2) is 6.73. The van der Waals surface area contributed by atoms with E-state index in [-0.39, 0.29) is 0 Å². The quantitative estimate of drug-likeness (QED) is 0.719. The Bertz CT molecular complexity index is 1070. The Kier molecular flexibility index (Phi) is 4.73. The number of alkyl halides is 3. The first kappa shape index (κ1) is 19.0. The monoisotopic (exact) mass is 395 g/mol. The van der Waals surface area contributed by atoms with Crippen LogP contribution in [0.4, 0.5) is 18.9 Å². The molecule has 0 atom stereocenters. The van der Waals surface area contributed by atoms with Crippen LogP contribution in [0, 0.1) is 6.92 Å². The fourth-order valence-electron chi connectivity index (χ4n) is 2.65. The molecule has 5 nitrogen and oxygen atoms in total. The fourth-order valence-corrected chi connectivity index (χ4v) is 3.22. The summed E-state index contributed by atoms with van der Waals surface area (Å²) in [7, 11) is -3.45. The number of halogens is 3. The molecule has 3 rings (SSSR count). The van der Waals surface area contributed by atoms with Crippen LogP contribution >= 0.6 is 0 Å². The molecule has 9 heteroatoms. The third-order valence-corrected chi connectivity index (χ3v) is 4.44. The predicted molar refractivity (Wildman–Crippen MR) is 97.2 cm³/mol. The highest BCUT2D eigenvalue weighted by Crippen LogP contribution is 2.34. The number of rotatable bonds is 4. The fraction of sp³-hybridized carbons (Fsp3) is 0.167. The van der Waals surface area contributed by atoms with Gasteiger partial charge in [-0.2, -0.15) is 18.3 Å². The largest absolute Gasteiger partial charge is 0.435 e. The Morgan fingerprint density at radius 3 is 2.22 bits per heavy atom. The first-order valence-corrected chi connectivity index (χ1v) is 9.75. The SMILES string of the molecule is Cc1ccccc1-c1cc(C(F)(F)F)nn1-c1ccc(NS(C)(=O)=O)cc1. The molecule has 0 aliphatic carbocycles. The minimum absolute atomic E-state index is 0.296. The van der Waals surface area contributed by atoms with Gasteiger partial charge in [-0.3, -0.25) is 4.72 Å². The molecule has 0 aliphatic heterocycles. The van der Waals surface area contributed by atoms with E-state index in [1.54, 1.807) is 31.2 Å². The molecule has 0 radical (unpaired) electrons. The summed E-state index contributed by atoms with van der Waals surface area (Å²) in [4.78, 5) is 0. The number of nitrogens with one attached hydrogen (secondary N) is 1. The summed E-state index contributed by atoms with van der Waals surface area (Å²) in [6, 6.07) is 14.0. The normalized spacial score (nSPS) is 12.2. The molecule has 0 saturated carbocycles. The number of nitrogens with zero attached hydrogens (tertiary/aromatic N) is 2. The van der Waals surface area contributed by atoms with Gasteiger partial charge in [0.05, 0.1) is 17.6 Å². The lowest BCUT2D eigenvalue weighted by Gasteiger charge is -2.11. The van der Waals surface area contributed by atoms with Crippen molar-refractivity contribution in [3.8, 4) is 16.9 Å². The van der Waals surface area contributed by atoms with Crippen LogP contribution < -0.4 is 4.72 Å². The molecule has 0 spiro atoms. The van der Waals surface area contributed by atoms with Gasteiger partial charge in [-0.1, -0.05) is 24.3 Å². The van der Waals surface area contributed by atoms with E-state index in [2.05, 4.69) is 9.82 Å². The molecule has 0 aliphatic rings. The highest BCUT2D eigenvalue weighted by Gasteiger charge is 2.35. The Morgan fingerprint density at radius 1 is 1.04 bits per heavy atom. The van der Waals surface area contributed by atoms with Gasteiger partial charge in [0.15, 0.2) is 5.69 Å². The van der Waals surface area contributed by atoms with Crippen molar-refractivity contribution in [1.82, 2.24) is 9.78 Å². The van der Waals surface area contributed by atoms with Crippen molar-refractivity contribution in [3.63, 3.8) is 0 Å². The van der Waals surface area contributed by atoms with Crippen LogP contribution in [0.15, 0.2) is 54.6 Å². The molecular weight excluding hydrogens is 379 g/mol. The highest BCUT2D eigenvalue weighted by atomic mass is 32.2. The van der Waals surface area contributed by atoms with Crippen molar-refractivity contribution < 1.29 is 21.6 Å². The first-order valence-electron chi connectivity index (χ1n) is 7.86. The van der Waals surface area contributed by atoms with Crippen LogP contribution in [-0.4, -0.2) is 24.5 Å². The molecule has 1 aromatic heterocycles. The summed E-state index contributed by atoms with van der Waals surface area (Å²) in [6.07, 6.45) is -3.57. The summed E-state index contributed by atoms with van der Waals surface area (Å²) in [6.45, 7) is 1.80. The average molecular weight is 395 g/mol. The number of aryl methyl sites for hydroxylation is 1. The molecule has 3 aromatic rings. The topological polar surface area (TPSA) is 64.0 Å². The third kappa shape index (κ3) is 4.30. The summed E-state index contributed by atoms with van der Waals surface area (Å²) < 4.78 is 65.7. The molecule has 0 unspecified atom stereocenters. The zero-order valence-corrected chi connectivity index (χ0v) is 15.3. The van der Waals surface area contributed by atoms with Gasteiger partial charge < -0.3 is 0 Å². The number of sulfonamides is 1. The van der Waals surface area contributed by atoms with Gasteiger partial charge in [-0.05, 0) is 42.8 Å². The van der Waals surface area contributed by atoms with Gasteiger partial charge in [-0.15, -0.1) is 0 Å². The molecule has 2 aromatic carbocycles. The number of anilines is 1. The van der Waals surface area contributed by atoms with E-state index in [0.29, 0.717) is 22.6 Å². The Balaban J connectivity index is 2.12. The first-order chi connectivity index (χ1) is 12.5. The molecule has 0 bridgehead atoms. The lowest BCUT2D eigenvalue weighted by Crippen LogP contribution is -2.10. The van der Waals surface area contributed by atoms with Crippen molar-refractivity contribution in [1.29, 1.82) is 0 Å². The van der Waals surface area contributed by atoms with E-state index in [9.17, 15) is 21.6 Å². The van der Waals surface area contributed by atoms with Crippen LogP contribution in [0.3, 0.4) is 0 Å². The molecule has 27 heavy (non-hydrogen) atoms.